The van der Waals surface area contributed by atoms with Gasteiger partial charge in [0.25, 0.3) is 0 Å². The van der Waals surface area contributed by atoms with Gasteiger partial charge in [-0.1, -0.05) is 23.8 Å². The van der Waals surface area contributed by atoms with Crippen LogP contribution in [0.3, 0.4) is 0 Å². The van der Waals surface area contributed by atoms with Crippen LogP contribution in [0.2, 0.25) is 0 Å². The van der Waals surface area contributed by atoms with Crippen molar-refractivity contribution in [2.24, 2.45) is 0 Å². The number of hydrogen-bond donors (Lipinski definition) is 1. The van der Waals surface area contributed by atoms with Crippen LogP contribution in [-0.2, 0) is 0 Å². The second kappa shape index (κ2) is 4.27. The highest BCUT2D eigenvalue weighted by Gasteiger charge is 2.01. The first-order valence-electron chi connectivity index (χ1n) is 5.26. The van der Waals surface area contributed by atoms with Crippen LogP contribution in [0.15, 0.2) is 42.5 Å². The number of ether oxygens (including phenoxy) is 1. The first kappa shape index (κ1) is 10.6. The molecule has 16 heavy (non-hydrogen) atoms. The van der Waals surface area contributed by atoms with E-state index >= 15 is 0 Å². The van der Waals surface area contributed by atoms with E-state index in [2.05, 4.69) is 13.0 Å². The molecule has 0 atom stereocenters. The predicted molar refractivity (Wildman–Crippen MR) is 66.8 cm³/mol. The molecule has 2 aromatic carbocycles. The minimum Gasteiger partial charge on any atom is -0.457 e. The minimum absolute atomic E-state index is 0.710. The second-order valence-corrected chi connectivity index (χ2v) is 3.94. The molecule has 0 saturated heterocycles. The molecule has 0 heterocycles. The van der Waals surface area contributed by atoms with Crippen LogP contribution in [0.4, 0.5) is 5.69 Å². The number of rotatable bonds is 2. The summed E-state index contributed by atoms with van der Waals surface area (Å²) in [5.41, 5.74) is 8.77. The van der Waals surface area contributed by atoms with E-state index in [0.29, 0.717) is 5.69 Å². The summed E-state index contributed by atoms with van der Waals surface area (Å²) in [5, 5.41) is 0. The second-order valence-electron chi connectivity index (χ2n) is 3.94. The SMILES string of the molecule is Cc1ccc(Oc2cccc(N)c2)c(C)c1. The Morgan fingerprint density at radius 3 is 2.50 bits per heavy atom. The third-order valence-electron chi connectivity index (χ3n) is 2.42. The summed E-state index contributed by atoms with van der Waals surface area (Å²) < 4.78 is 5.76. The van der Waals surface area contributed by atoms with Gasteiger partial charge in [-0.05, 0) is 37.6 Å². The first-order chi connectivity index (χ1) is 7.65. The van der Waals surface area contributed by atoms with Gasteiger partial charge in [-0.25, -0.2) is 0 Å². The van der Waals surface area contributed by atoms with Crippen molar-refractivity contribution < 1.29 is 4.74 Å². The molecular weight excluding hydrogens is 198 g/mol. The van der Waals surface area contributed by atoms with Crippen LogP contribution in [0.5, 0.6) is 11.5 Å². The lowest BCUT2D eigenvalue weighted by molar-refractivity contribution is 0.479. The molecule has 2 rings (SSSR count). The minimum atomic E-state index is 0.710. The Morgan fingerprint density at radius 2 is 1.81 bits per heavy atom. The highest BCUT2D eigenvalue weighted by Crippen LogP contribution is 2.26. The van der Waals surface area contributed by atoms with Crippen LogP contribution >= 0.6 is 0 Å². The summed E-state index contributed by atoms with van der Waals surface area (Å²) >= 11 is 0. The summed E-state index contributed by atoms with van der Waals surface area (Å²) in [7, 11) is 0. The van der Waals surface area contributed by atoms with E-state index in [1.807, 2.05) is 43.3 Å². The molecule has 2 heteroatoms. The summed E-state index contributed by atoms with van der Waals surface area (Å²) in [6.07, 6.45) is 0. The average molecular weight is 213 g/mol. The molecule has 0 aliphatic rings. The van der Waals surface area contributed by atoms with Crippen molar-refractivity contribution in [1.29, 1.82) is 0 Å². The zero-order valence-electron chi connectivity index (χ0n) is 9.53. The van der Waals surface area contributed by atoms with Gasteiger partial charge in [0.15, 0.2) is 0 Å². The summed E-state index contributed by atoms with van der Waals surface area (Å²) in [6.45, 7) is 4.10. The maximum Gasteiger partial charge on any atom is 0.130 e. The lowest BCUT2D eigenvalue weighted by Crippen LogP contribution is -1.90. The monoisotopic (exact) mass is 213 g/mol. The number of aryl methyl sites for hydroxylation is 2. The molecular formula is C14H15NO. The van der Waals surface area contributed by atoms with Gasteiger partial charge in [-0.15, -0.1) is 0 Å². The van der Waals surface area contributed by atoms with Crippen LogP contribution < -0.4 is 10.5 Å². The lowest BCUT2D eigenvalue weighted by atomic mass is 10.1. The maximum absolute atomic E-state index is 5.76. The van der Waals surface area contributed by atoms with Crippen molar-refractivity contribution in [3.8, 4) is 11.5 Å². The molecule has 0 fully saturated rings. The van der Waals surface area contributed by atoms with Gasteiger partial charge < -0.3 is 10.5 Å². The van der Waals surface area contributed by atoms with E-state index in [4.69, 9.17) is 10.5 Å². The fourth-order valence-corrected chi connectivity index (χ4v) is 1.62. The number of hydrogen-bond acceptors (Lipinski definition) is 2. The molecule has 0 bridgehead atoms. The molecule has 0 amide bonds. The summed E-state index contributed by atoms with van der Waals surface area (Å²) in [4.78, 5) is 0. The van der Waals surface area contributed by atoms with Crippen molar-refractivity contribution in [3.05, 3.63) is 53.6 Å². The normalized spacial score (nSPS) is 10.1. The lowest BCUT2D eigenvalue weighted by Gasteiger charge is -2.09. The van der Waals surface area contributed by atoms with Gasteiger partial charge in [-0.2, -0.15) is 0 Å². The maximum atomic E-state index is 5.76. The number of nitrogens with two attached hydrogens (primary N) is 1. The number of benzene rings is 2. The van der Waals surface area contributed by atoms with Gasteiger partial charge in [0.05, 0.1) is 0 Å². The van der Waals surface area contributed by atoms with Crippen LogP contribution in [0.25, 0.3) is 0 Å². The fraction of sp³-hybridized carbons (Fsp3) is 0.143. The molecule has 0 radical (unpaired) electrons. The Hall–Kier alpha value is -1.96. The van der Waals surface area contributed by atoms with Gasteiger partial charge in [-0.3, -0.25) is 0 Å². The zero-order chi connectivity index (χ0) is 11.5. The molecule has 0 unspecified atom stereocenters. The highest BCUT2D eigenvalue weighted by molar-refractivity contribution is 5.46. The van der Waals surface area contributed by atoms with E-state index < -0.39 is 0 Å². The van der Waals surface area contributed by atoms with Crippen molar-refractivity contribution in [3.63, 3.8) is 0 Å². The quantitative estimate of drug-likeness (QED) is 0.772. The van der Waals surface area contributed by atoms with Crippen LogP contribution in [-0.4, -0.2) is 0 Å². The summed E-state index contributed by atoms with van der Waals surface area (Å²) in [5.74, 6) is 1.64. The Kier molecular flexibility index (Phi) is 2.82. The van der Waals surface area contributed by atoms with Crippen molar-refractivity contribution in [2.75, 3.05) is 5.73 Å². The topological polar surface area (TPSA) is 35.2 Å². The third kappa shape index (κ3) is 2.34. The fourth-order valence-electron chi connectivity index (χ4n) is 1.62. The Balaban J connectivity index is 2.27. The van der Waals surface area contributed by atoms with Gasteiger partial charge in [0.1, 0.15) is 11.5 Å². The van der Waals surface area contributed by atoms with E-state index in [9.17, 15) is 0 Å². The molecule has 0 aliphatic carbocycles. The zero-order valence-corrected chi connectivity index (χ0v) is 9.53. The Labute approximate surface area is 95.7 Å². The van der Waals surface area contributed by atoms with Gasteiger partial charge in [0, 0.05) is 11.8 Å². The van der Waals surface area contributed by atoms with Crippen molar-refractivity contribution in [2.45, 2.75) is 13.8 Å². The molecule has 2 N–H and O–H groups in total. The number of nitrogen functional groups attached to an aromatic ring is 1. The highest BCUT2D eigenvalue weighted by atomic mass is 16.5. The molecule has 2 aromatic rings. The standard InChI is InChI=1S/C14H15NO/c1-10-6-7-14(11(2)8-10)16-13-5-3-4-12(15)9-13/h3-9H,15H2,1-2H3. The average Bonchev–Trinajstić information content (AvgIpc) is 2.22. The van der Waals surface area contributed by atoms with E-state index in [-0.39, 0.29) is 0 Å². The van der Waals surface area contributed by atoms with Crippen molar-refractivity contribution >= 4 is 5.69 Å². The Bertz CT molecular complexity index is 506. The van der Waals surface area contributed by atoms with E-state index in [1.54, 1.807) is 0 Å². The Morgan fingerprint density at radius 1 is 1.00 bits per heavy atom. The van der Waals surface area contributed by atoms with E-state index in [0.717, 1.165) is 17.1 Å². The smallest absolute Gasteiger partial charge is 0.130 e. The van der Waals surface area contributed by atoms with Crippen molar-refractivity contribution in [1.82, 2.24) is 0 Å². The molecule has 0 spiro atoms. The molecule has 2 nitrogen and oxygen atoms in total. The molecule has 82 valence electrons. The third-order valence-corrected chi connectivity index (χ3v) is 2.42. The predicted octanol–water partition coefficient (Wildman–Crippen LogP) is 3.68. The largest absolute Gasteiger partial charge is 0.457 e. The first-order valence-corrected chi connectivity index (χ1v) is 5.26. The molecule has 0 aromatic heterocycles. The van der Waals surface area contributed by atoms with Gasteiger partial charge >= 0.3 is 0 Å². The van der Waals surface area contributed by atoms with Crippen LogP contribution in [0.1, 0.15) is 11.1 Å². The van der Waals surface area contributed by atoms with Gasteiger partial charge in [0.2, 0.25) is 0 Å². The summed E-state index contributed by atoms with van der Waals surface area (Å²) in [6, 6.07) is 13.6. The molecule has 0 aliphatic heterocycles. The number of anilines is 1. The molecule has 0 saturated carbocycles. The van der Waals surface area contributed by atoms with Crippen LogP contribution in [0, 0.1) is 13.8 Å². The van der Waals surface area contributed by atoms with E-state index in [1.165, 1.54) is 5.56 Å².